The van der Waals surface area contributed by atoms with Gasteiger partial charge >= 0.3 is 0 Å². The maximum Gasteiger partial charge on any atom is 0.132 e. The van der Waals surface area contributed by atoms with Crippen molar-refractivity contribution in [3.8, 4) is 21.8 Å². The predicted octanol–water partition coefficient (Wildman–Crippen LogP) is 4.25. The number of anilines is 1. The van der Waals surface area contributed by atoms with Gasteiger partial charge in [0.15, 0.2) is 0 Å². The maximum absolute atomic E-state index is 6.30. The summed E-state index contributed by atoms with van der Waals surface area (Å²) in [7, 11) is 1.87. The molecule has 0 aliphatic heterocycles. The van der Waals surface area contributed by atoms with E-state index in [1.165, 1.54) is 5.56 Å². The molecule has 0 amide bonds. The van der Waals surface area contributed by atoms with Crippen molar-refractivity contribution in [3.63, 3.8) is 0 Å². The fourth-order valence-corrected chi connectivity index (χ4v) is 3.74. The molecule has 2 heterocycles. The summed E-state index contributed by atoms with van der Waals surface area (Å²) in [4.78, 5) is 4.75. The molecule has 0 saturated carbocycles. The number of aryl methyl sites for hydroxylation is 2. The van der Waals surface area contributed by atoms with Crippen molar-refractivity contribution in [3.05, 3.63) is 54.1 Å². The highest BCUT2D eigenvalue weighted by Gasteiger charge is 2.20. The van der Waals surface area contributed by atoms with Gasteiger partial charge in [-0.2, -0.15) is 5.10 Å². The summed E-state index contributed by atoms with van der Waals surface area (Å²) < 4.78 is 2.87. The molecule has 0 bridgehead atoms. The van der Waals surface area contributed by atoms with Crippen molar-refractivity contribution < 1.29 is 0 Å². The Balaban J connectivity index is 1.97. The third kappa shape index (κ3) is 2.29. The van der Waals surface area contributed by atoms with Crippen LogP contribution in [-0.2, 0) is 7.05 Å². The number of hydrogen-bond acceptors (Lipinski definition) is 4. The molecule has 5 heteroatoms. The summed E-state index contributed by atoms with van der Waals surface area (Å²) in [6.07, 6.45) is 0. The molecule has 4 aromatic rings. The quantitative estimate of drug-likeness (QED) is 0.600. The third-order valence-corrected chi connectivity index (χ3v) is 4.94. The molecule has 0 fully saturated rings. The van der Waals surface area contributed by atoms with Crippen LogP contribution in [0.2, 0.25) is 0 Å². The normalized spacial score (nSPS) is 11.2. The summed E-state index contributed by atoms with van der Waals surface area (Å²) in [5.41, 5.74) is 11.3. The van der Waals surface area contributed by atoms with Crippen LogP contribution in [-0.4, -0.2) is 14.8 Å². The Morgan fingerprint density at radius 1 is 1.09 bits per heavy atom. The number of para-hydroxylation sites is 1. The highest BCUT2D eigenvalue weighted by molar-refractivity contribution is 7.21. The van der Waals surface area contributed by atoms with E-state index in [0.717, 1.165) is 32.0 Å². The number of fused-ring (bicyclic) bond motifs is 1. The number of benzene rings is 2. The first-order valence-corrected chi connectivity index (χ1v) is 8.20. The second kappa shape index (κ2) is 5.21. The van der Waals surface area contributed by atoms with Gasteiger partial charge in [0.2, 0.25) is 0 Å². The van der Waals surface area contributed by atoms with E-state index >= 15 is 0 Å². The number of nitrogen functional groups attached to an aromatic ring is 1. The number of nitrogens with zero attached hydrogens (tertiary/aromatic N) is 3. The van der Waals surface area contributed by atoms with Crippen LogP contribution >= 0.6 is 11.3 Å². The number of rotatable bonds is 2. The van der Waals surface area contributed by atoms with E-state index in [2.05, 4.69) is 36.3 Å². The Morgan fingerprint density at radius 3 is 2.70 bits per heavy atom. The SMILES string of the molecule is Cc1cccc(-c2nn(C)c(N)c2-c2nc3ccccc3s2)c1. The van der Waals surface area contributed by atoms with E-state index < -0.39 is 0 Å². The molecule has 0 aliphatic carbocycles. The Hall–Kier alpha value is -2.66. The molecule has 2 aromatic heterocycles. The van der Waals surface area contributed by atoms with Gasteiger partial charge in [0.25, 0.3) is 0 Å². The van der Waals surface area contributed by atoms with Crippen molar-refractivity contribution in [1.29, 1.82) is 0 Å². The molecule has 0 spiro atoms. The topological polar surface area (TPSA) is 56.7 Å². The second-order valence-corrected chi connectivity index (χ2v) is 6.62. The lowest BCUT2D eigenvalue weighted by atomic mass is 10.1. The molecular formula is C18H16N4S. The van der Waals surface area contributed by atoms with E-state index in [1.807, 2.05) is 31.3 Å². The molecule has 0 unspecified atom stereocenters. The lowest BCUT2D eigenvalue weighted by Gasteiger charge is -2.02. The highest BCUT2D eigenvalue weighted by atomic mass is 32.1. The summed E-state index contributed by atoms with van der Waals surface area (Å²) in [6, 6.07) is 16.4. The van der Waals surface area contributed by atoms with Crippen molar-refractivity contribution in [2.75, 3.05) is 5.73 Å². The lowest BCUT2D eigenvalue weighted by Crippen LogP contribution is -1.97. The number of hydrogen-bond donors (Lipinski definition) is 1. The Morgan fingerprint density at radius 2 is 1.91 bits per heavy atom. The average Bonchev–Trinajstić information content (AvgIpc) is 3.09. The molecule has 0 saturated heterocycles. The summed E-state index contributed by atoms with van der Waals surface area (Å²) >= 11 is 1.65. The predicted molar refractivity (Wildman–Crippen MR) is 96.4 cm³/mol. The zero-order chi connectivity index (χ0) is 16.0. The van der Waals surface area contributed by atoms with Crippen molar-refractivity contribution in [2.24, 2.45) is 7.05 Å². The standard InChI is InChI=1S/C18H16N4S/c1-11-6-5-7-12(10-11)16-15(17(19)22(2)21-16)18-20-13-8-3-4-9-14(13)23-18/h3-10H,19H2,1-2H3. The van der Waals surface area contributed by atoms with Crippen LogP contribution in [0.15, 0.2) is 48.5 Å². The third-order valence-electron chi connectivity index (χ3n) is 3.89. The molecule has 4 rings (SSSR count). The fourth-order valence-electron chi connectivity index (χ4n) is 2.72. The van der Waals surface area contributed by atoms with E-state index in [1.54, 1.807) is 16.0 Å². The lowest BCUT2D eigenvalue weighted by molar-refractivity contribution is 0.782. The summed E-state index contributed by atoms with van der Waals surface area (Å²) in [5, 5.41) is 5.54. The fraction of sp³-hybridized carbons (Fsp3) is 0.111. The van der Waals surface area contributed by atoms with E-state index in [4.69, 9.17) is 10.7 Å². The second-order valence-electron chi connectivity index (χ2n) is 5.59. The number of nitrogens with two attached hydrogens (primary N) is 1. The van der Waals surface area contributed by atoms with Gasteiger partial charge in [-0.05, 0) is 25.1 Å². The minimum absolute atomic E-state index is 0.639. The Labute approximate surface area is 138 Å². The molecule has 2 N–H and O–H groups in total. The summed E-state index contributed by atoms with van der Waals surface area (Å²) in [5.74, 6) is 0.639. The van der Waals surface area contributed by atoms with Crippen LogP contribution in [0, 0.1) is 6.92 Å². The zero-order valence-electron chi connectivity index (χ0n) is 12.9. The van der Waals surface area contributed by atoms with E-state index in [0.29, 0.717) is 5.82 Å². The summed E-state index contributed by atoms with van der Waals surface area (Å²) in [6.45, 7) is 2.08. The van der Waals surface area contributed by atoms with Gasteiger partial charge < -0.3 is 5.73 Å². The zero-order valence-corrected chi connectivity index (χ0v) is 13.8. The molecule has 0 aliphatic rings. The van der Waals surface area contributed by atoms with E-state index in [-0.39, 0.29) is 0 Å². The largest absolute Gasteiger partial charge is 0.383 e. The average molecular weight is 320 g/mol. The minimum Gasteiger partial charge on any atom is -0.383 e. The molecule has 114 valence electrons. The van der Waals surface area contributed by atoms with Crippen LogP contribution < -0.4 is 5.73 Å². The smallest absolute Gasteiger partial charge is 0.132 e. The molecular weight excluding hydrogens is 304 g/mol. The number of thiazole rings is 1. The first-order chi connectivity index (χ1) is 11.1. The molecule has 0 atom stereocenters. The van der Waals surface area contributed by atoms with Crippen molar-refractivity contribution in [2.45, 2.75) is 6.92 Å². The highest BCUT2D eigenvalue weighted by Crippen LogP contribution is 2.39. The van der Waals surface area contributed by atoms with E-state index in [9.17, 15) is 0 Å². The maximum atomic E-state index is 6.30. The Bertz CT molecular complexity index is 980. The van der Waals surface area contributed by atoms with Crippen molar-refractivity contribution >= 4 is 27.4 Å². The van der Waals surface area contributed by atoms with Crippen LogP contribution in [0.5, 0.6) is 0 Å². The monoisotopic (exact) mass is 320 g/mol. The van der Waals surface area contributed by atoms with Crippen LogP contribution in [0.1, 0.15) is 5.56 Å². The first kappa shape index (κ1) is 14.0. The van der Waals surface area contributed by atoms with Gasteiger partial charge in [-0.25, -0.2) is 4.98 Å². The number of aromatic nitrogens is 3. The molecule has 2 aromatic carbocycles. The molecule has 4 nitrogen and oxygen atoms in total. The minimum atomic E-state index is 0.639. The molecule has 0 radical (unpaired) electrons. The van der Waals surface area contributed by atoms with Gasteiger partial charge in [-0.1, -0.05) is 35.9 Å². The van der Waals surface area contributed by atoms with Gasteiger partial charge in [0, 0.05) is 12.6 Å². The van der Waals surface area contributed by atoms with Gasteiger partial charge in [-0.3, -0.25) is 4.68 Å². The van der Waals surface area contributed by atoms with Gasteiger partial charge in [-0.15, -0.1) is 11.3 Å². The van der Waals surface area contributed by atoms with Crippen LogP contribution in [0.3, 0.4) is 0 Å². The van der Waals surface area contributed by atoms with Crippen LogP contribution in [0.25, 0.3) is 32.0 Å². The first-order valence-electron chi connectivity index (χ1n) is 7.39. The van der Waals surface area contributed by atoms with Crippen LogP contribution in [0.4, 0.5) is 5.82 Å². The molecule has 23 heavy (non-hydrogen) atoms. The van der Waals surface area contributed by atoms with Gasteiger partial charge in [0.05, 0.1) is 15.8 Å². The van der Waals surface area contributed by atoms with Crippen molar-refractivity contribution in [1.82, 2.24) is 14.8 Å². The van der Waals surface area contributed by atoms with Gasteiger partial charge in [0.1, 0.15) is 16.5 Å². The Kier molecular flexibility index (Phi) is 3.16.